The standard InChI is InChI=1S/C40H51N/c1-37(2,3)30-21-28(22-31(25-30)38(4,5)6)27-17-19-34(20-18-27)41-36-16-14-13-15-35(36)29-23-32(39(7,8)9)26-33(24-29)40(10,11)12/h13-26,41H,1-12H3. The van der Waals surface area contributed by atoms with E-state index in [1.165, 1.54) is 44.5 Å². The molecular formula is C40H51N. The van der Waals surface area contributed by atoms with E-state index in [4.69, 9.17) is 0 Å². The average Bonchev–Trinajstić information content (AvgIpc) is 2.87. The van der Waals surface area contributed by atoms with Gasteiger partial charge in [-0.3, -0.25) is 0 Å². The number of nitrogens with one attached hydrogen (secondary N) is 1. The van der Waals surface area contributed by atoms with Crippen molar-refractivity contribution in [3.63, 3.8) is 0 Å². The van der Waals surface area contributed by atoms with Gasteiger partial charge in [0.05, 0.1) is 0 Å². The van der Waals surface area contributed by atoms with Gasteiger partial charge in [-0.2, -0.15) is 0 Å². The molecule has 4 aromatic carbocycles. The molecule has 0 heterocycles. The number of rotatable bonds is 4. The fraction of sp³-hybridized carbons (Fsp3) is 0.400. The van der Waals surface area contributed by atoms with Crippen LogP contribution in [0, 0.1) is 0 Å². The second-order valence-electron chi connectivity index (χ2n) is 15.8. The molecule has 0 fully saturated rings. The summed E-state index contributed by atoms with van der Waals surface area (Å²) in [6, 6.07) is 31.8. The molecule has 0 saturated carbocycles. The van der Waals surface area contributed by atoms with Crippen molar-refractivity contribution in [2.45, 2.75) is 105 Å². The summed E-state index contributed by atoms with van der Waals surface area (Å²) in [5.41, 5.74) is 13.0. The van der Waals surface area contributed by atoms with Crippen molar-refractivity contribution < 1.29 is 0 Å². The minimum absolute atomic E-state index is 0.0748. The summed E-state index contributed by atoms with van der Waals surface area (Å²) in [7, 11) is 0. The summed E-state index contributed by atoms with van der Waals surface area (Å²) < 4.78 is 0. The summed E-state index contributed by atoms with van der Waals surface area (Å²) in [5, 5.41) is 3.74. The van der Waals surface area contributed by atoms with E-state index in [2.05, 4.69) is 173 Å². The van der Waals surface area contributed by atoms with Crippen LogP contribution in [0.15, 0.2) is 84.9 Å². The van der Waals surface area contributed by atoms with Crippen molar-refractivity contribution >= 4 is 11.4 Å². The van der Waals surface area contributed by atoms with E-state index in [0.29, 0.717) is 0 Å². The molecule has 1 nitrogen and oxygen atoms in total. The van der Waals surface area contributed by atoms with E-state index in [0.717, 1.165) is 11.4 Å². The van der Waals surface area contributed by atoms with Gasteiger partial charge in [0.15, 0.2) is 0 Å². The highest BCUT2D eigenvalue weighted by Gasteiger charge is 2.23. The Bertz CT molecular complexity index is 1440. The maximum Gasteiger partial charge on any atom is 0.0463 e. The molecule has 0 aliphatic rings. The molecule has 0 amide bonds. The summed E-state index contributed by atoms with van der Waals surface area (Å²) in [5.74, 6) is 0. The van der Waals surface area contributed by atoms with Crippen molar-refractivity contribution in [3.05, 3.63) is 107 Å². The zero-order chi connectivity index (χ0) is 30.4. The van der Waals surface area contributed by atoms with Gasteiger partial charge >= 0.3 is 0 Å². The second-order valence-corrected chi connectivity index (χ2v) is 15.8. The lowest BCUT2D eigenvalue weighted by Gasteiger charge is -2.27. The fourth-order valence-electron chi connectivity index (χ4n) is 5.05. The monoisotopic (exact) mass is 545 g/mol. The van der Waals surface area contributed by atoms with Crippen molar-refractivity contribution in [2.75, 3.05) is 5.32 Å². The first kappa shape index (κ1) is 30.6. The van der Waals surface area contributed by atoms with Gasteiger partial charge in [0.2, 0.25) is 0 Å². The van der Waals surface area contributed by atoms with Crippen LogP contribution in [0.1, 0.15) is 105 Å². The van der Waals surface area contributed by atoms with Crippen LogP contribution >= 0.6 is 0 Å². The predicted octanol–water partition coefficient (Wildman–Crippen LogP) is 12.0. The smallest absolute Gasteiger partial charge is 0.0463 e. The Labute approximate surface area is 250 Å². The van der Waals surface area contributed by atoms with Crippen LogP contribution in [0.2, 0.25) is 0 Å². The first-order chi connectivity index (χ1) is 18.8. The lowest BCUT2D eigenvalue weighted by molar-refractivity contribution is 0.568. The minimum Gasteiger partial charge on any atom is -0.355 e. The van der Waals surface area contributed by atoms with E-state index in [1.54, 1.807) is 0 Å². The lowest BCUT2D eigenvalue weighted by Crippen LogP contribution is -2.16. The number of anilines is 2. The fourth-order valence-corrected chi connectivity index (χ4v) is 5.05. The highest BCUT2D eigenvalue weighted by Crippen LogP contribution is 2.38. The van der Waals surface area contributed by atoms with Gasteiger partial charge in [0, 0.05) is 16.9 Å². The number of para-hydroxylation sites is 1. The minimum atomic E-state index is 0.0748. The van der Waals surface area contributed by atoms with Crippen LogP contribution in [0.25, 0.3) is 22.3 Å². The summed E-state index contributed by atoms with van der Waals surface area (Å²) >= 11 is 0. The molecule has 41 heavy (non-hydrogen) atoms. The predicted molar refractivity (Wildman–Crippen MR) is 182 cm³/mol. The average molecular weight is 546 g/mol. The number of benzene rings is 4. The van der Waals surface area contributed by atoms with Crippen molar-refractivity contribution in [1.82, 2.24) is 0 Å². The third-order valence-corrected chi connectivity index (χ3v) is 8.07. The summed E-state index contributed by atoms with van der Waals surface area (Å²) in [6.45, 7) is 27.6. The normalized spacial score (nSPS) is 12.9. The molecule has 1 heteroatoms. The van der Waals surface area contributed by atoms with Gasteiger partial charge in [-0.05, 0) is 78.8 Å². The Kier molecular flexibility index (Phi) is 8.09. The van der Waals surface area contributed by atoms with Crippen LogP contribution in [-0.2, 0) is 21.7 Å². The zero-order valence-corrected chi connectivity index (χ0v) is 27.6. The van der Waals surface area contributed by atoms with E-state index >= 15 is 0 Å². The van der Waals surface area contributed by atoms with Crippen molar-refractivity contribution in [1.29, 1.82) is 0 Å². The highest BCUT2D eigenvalue weighted by atomic mass is 14.9. The molecule has 4 aromatic rings. The highest BCUT2D eigenvalue weighted by molar-refractivity contribution is 5.82. The van der Waals surface area contributed by atoms with Gasteiger partial charge in [0.1, 0.15) is 0 Å². The van der Waals surface area contributed by atoms with E-state index in [1.807, 2.05) is 0 Å². The molecule has 0 aromatic heterocycles. The Balaban J connectivity index is 1.71. The van der Waals surface area contributed by atoms with Crippen molar-refractivity contribution in [2.24, 2.45) is 0 Å². The van der Waals surface area contributed by atoms with E-state index in [-0.39, 0.29) is 21.7 Å². The van der Waals surface area contributed by atoms with Gasteiger partial charge in [-0.25, -0.2) is 0 Å². The molecule has 0 bridgehead atoms. The Morgan fingerprint density at radius 2 is 0.780 bits per heavy atom. The molecule has 0 saturated heterocycles. The van der Waals surface area contributed by atoms with Gasteiger partial charge in [0.25, 0.3) is 0 Å². The number of hydrogen-bond acceptors (Lipinski definition) is 1. The van der Waals surface area contributed by atoms with Gasteiger partial charge in [-0.15, -0.1) is 0 Å². The molecule has 0 aliphatic carbocycles. The first-order valence-corrected chi connectivity index (χ1v) is 15.1. The third-order valence-electron chi connectivity index (χ3n) is 8.07. The Hall–Kier alpha value is -3.32. The SMILES string of the molecule is CC(C)(C)c1cc(-c2ccc(Nc3ccccc3-c3cc(C(C)(C)C)cc(C(C)(C)C)c3)cc2)cc(C(C)(C)C)c1. The van der Waals surface area contributed by atoms with E-state index < -0.39 is 0 Å². The van der Waals surface area contributed by atoms with Crippen LogP contribution in [0.4, 0.5) is 11.4 Å². The van der Waals surface area contributed by atoms with Crippen LogP contribution in [-0.4, -0.2) is 0 Å². The van der Waals surface area contributed by atoms with Crippen LogP contribution in [0.3, 0.4) is 0 Å². The summed E-state index contributed by atoms with van der Waals surface area (Å²) in [6.07, 6.45) is 0. The van der Waals surface area contributed by atoms with Gasteiger partial charge in [-0.1, -0.05) is 150 Å². The molecule has 0 spiro atoms. The topological polar surface area (TPSA) is 12.0 Å². The molecule has 216 valence electrons. The molecule has 1 N–H and O–H groups in total. The summed E-state index contributed by atoms with van der Waals surface area (Å²) in [4.78, 5) is 0. The lowest BCUT2D eigenvalue weighted by atomic mass is 9.79. The van der Waals surface area contributed by atoms with Gasteiger partial charge < -0.3 is 5.32 Å². The molecule has 0 unspecified atom stereocenters. The maximum atomic E-state index is 3.74. The Morgan fingerprint density at radius 3 is 1.20 bits per heavy atom. The quantitative estimate of drug-likeness (QED) is 0.269. The molecule has 0 aliphatic heterocycles. The Morgan fingerprint density at radius 1 is 0.390 bits per heavy atom. The number of hydrogen-bond donors (Lipinski definition) is 1. The third kappa shape index (κ3) is 7.31. The van der Waals surface area contributed by atoms with Crippen LogP contribution in [0.5, 0.6) is 0 Å². The van der Waals surface area contributed by atoms with Crippen LogP contribution < -0.4 is 5.32 Å². The first-order valence-electron chi connectivity index (χ1n) is 15.1. The van der Waals surface area contributed by atoms with E-state index in [9.17, 15) is 0 Å². The molecule has 0 atom stereocenters. The van der Waals surface area contributed by atoms with Crippen molar-refractivity contribution in [3.8, 4) is 22.3 Å². The molecular weight excluding hydrogens is 494 g/mol. The molecule has 0 radical (unpaired) electrons. The zero-order valence-electron chi connectivity index (χ0n) is 27.6. The molecule has 4 rings (SSSR count). The maximum absolute atomic E-state index is 3.74. The largest absolute Gasteiger partial charge is 0.355 e. The second kappa shape index (κ2) is 10.8.